The van der Waals surface area contributed by atoms with E-state index in [1.165, 1.54) is 7.11 Å². The van der Waals surface area contributed by atoms with Crippen molar-refractivity contribution in [1.82, 2.24) is 4.90 Å². The van der Waals surface area contributed by atoms with E-state index in [1.54, 1.807) is 4.90 Å². The van der Waals surface area contributed by atoms with Crippen LogP contribution >= 0.6 is 0 Å². The van der Waals surface area contributed by atoms with Crippen molar-refractivity contribution in [2.24, 2.45) is 11.8 Å². The Hall–Kier alpha value is -1.30. The minimum absolute atomic E-state index is 0.147. The summed E-state index contributed by atoms with van der Waals surface area (Å²) >= 11 is 0. The molecule has 0 N–H and O–H groups in total. The van der Waals surface area contributed by atoms with Gasteiger partial charge in [0, 0.05) is 5.92 Å². The molecule has 22 heavy (non-hydrogen) atoms. The normalized spacial score (nSPS) is 22.3. The second kappa shape index (κ2) is 6.44. The average Bonchev–Trinajstić information content (AvgIpc) is 2.62. The molecule has 1 heterocycles. The first kappa shape index (κ1) is 18.7. The molecule has 0 saturated carbocycles. The summed E-state index contributed by atoms with van der Waals surface area (Å²) in [5.41, 5.74) is -1.27. The molecule has 6 heteroatoms. The van der Waals surface area contributed by atoms with E-state index in [0.29, 0.717) is 6.61 Å². The van der Waals surface area contributed by atoms with Crippen LogP contribution in [0.15, 0.2) is 0 Å². The highest BCUT2D eigenvalue weighted by molar-refractivity contribution is 5.79. The zero-order chi connectivity index (χ0) is 17.3. The molecule has 1 fully saturated rings. The number of rotatable bonds is 4. The molecule has 1 amide bonds. The van der Waals surface area contributed by atoms with Crippen LogP contribution in [0.5, 0.6) is 0 Å². The Balaban J connectivity index is 2.98. The number of carbonyl (C=O) groups is 2. The van der Waals surface area contributed by atoms with Gasteiger partial charge in [-0.1, -0.05) is 20.8 Å². The van der Waals surface area contributed by atoms with Gasteiger partial charge in [-0.15, -0.1) is 0 Å². The molecule has 0 aromatic rings. The number of hydrogen-bond donors (Lipinski definition) is 0. The molecule has 0 bridgehead atoms. The highest BCUT2D eigenvalue weighted by Crippen LogP contribution is 2.35. The van der Waals surface area contributed by atoms with Crippen LogP contribution in [0.1, 0.15) is 48.5 Å². The van der Waals surface area contributed by atoms with Gasteiger partial charge in [-0.25, -0.2) is 9.59 Å². The second-order valence-electron chi connectivity index (χ2n) is 7.31. The maximum atomic E-state index is 12.7. The van der Waals surface area contributed by atoms with E-state index >= 15 is 0 Å². The van der Waals surface area contributed by atoms with Crippen LogP contribution in [0.4, 0.5) is 4.79 Å². The van der Waals surface area contributed by atoms with Gasteiger partial charge >= 0.3 is 12.1 Å². The van der Waals surface area contributed by atoms with Crippen molar-refractivity contribution in [3.05, 3.63) is 0 Å². The van der Waals surface area contributed by atoms with E-state index < -0.39 is 29.4 Å². The molecule has 1 aliphatic rings. The lowest BCUT2D eigenvalue weighted by Crippen LogP contribution is -2.54. The first-order valence-electron chi connectivity index (χ1n) is 7.67. The van der Waals surface area contributed by atoms with Crippen molar-refractivity contribution < 1.29 is 23.8 Å². The Bertz CT molecular complexity index is 414. The van der Waals surface area contributed by atoms with Gasteiger partial charge in [0.1, 0.15) is 5.72 Å². The summed E-state index contributed by atoms with van der Waals surface area (Å²) in [6.45, 7) is 13.7. The van der Waals surface area contributed by atoms with Crippen LogP contribution in [-0.2, 0) is 19.0 Å². The molecule has 128 valence electrons. The topological polar surface area (TPSA) is 65.1 Å². The number of ether oxygens (including phenoxy) is 3. The van der Waals surface area contributed by atoms with Crippen LogP contribution < -0.4 is 0 Å². The Morgan fingerprint density at radius 1 is 1.14 bits per heavy atom. The van der Waals surface area contributed by atoms with E-state index in [9.17, 15) is 9.59 Å². The summed E-state index contributed by atoms with van der Waals surface area (Å²) < 4.78 is 16.0. The van der Waals surface area contributed by atoms with E-state index in [-0.39, 0.29) is 11.8 Å². The summed E-state index contributed by atoms with van der Waals surface area (Å²) in [6, 6.07) is 0. The molecule has 1 rings (SSSR count). The van der Waals surface area contributed by atoms with Gasteiger partial charge in [0.05, 0.1) is 19.3 Å². The molecule has 0 aromatic heterocycles. The number of carbonyl (C=O) groups excluding carboxylic acids is 2. The predicted molar refractivity (Wildman–Crippen MR) is 82.2 cm³/mol. The number of amides is 1. The fraction of sp³-hybridized carbons (Fsp3) is 0.875. The lowest BCUT2D eigenvalue weighted by molar-refractivity contribution is -0.156. The van der Waals surface area contributed by atoms with Crippen LogP contribution in [0, 0.1) is 11.8 Å². The summed E-state index contributed by atoms with van der Waals surface area (Å²) in [7, 11) is 1.29. The molecule has 0 radical (unpaired) electrons. The number of hydrogen-bond acceptors (Lipinski definition) is 5. The van der Waals surface area contributed by atoms with Gasteiger partial charge < -0.3 is 14.2 Å². The third kappa shape index (κ3) is 3.72. The Morgan fingerprint density at radius 3 is 2.05 bits per heavy atom. The van der Waals surface area contributed by atoms with Gasteiger partial charge in [0.25, 0.3) is 0 Å². The maximum Gasteiger partial charge on any atom is 0.413 e. The third-order valence-electron chi connectivity index (χ3n) is 4.30. The fourth-order valence-electron chi connectivity index (χ4n) is 2.68. The van der Waals surface area contributed by atoms with Crippen LogP contribution in [0.25, 0.3) is 0 Å². The molecule has 0 spiro atoms. The Labute approximate surface area is 133 Å². The molecule has 1 saturated heterocycles. The molecule has 0 unspecified atom stereocenters. The first-order chi connectivity index (χ1) is 9.94. The molecule has 0 aromatic carbocycles. The Kier molecular flexibility index (Phi) is 5.49. The Morgan fingerprint density at radius 2 is 1.68 bits per heavy atom. The van der Waals surface area contributed by atoms with E-state index in [1.807, 2.05) is 48.5 Å². The standard InChI is InChI=1S/C16H29NO5/c1-10(2)11(3)12(13(18)20-8)22-14(19)17-15(4,5)9-21-16(17,6)7/h10-12H,9H2,1-8H3/t11-,12-/m1/s1. The lowest BCUT2D eigenvalue weighted by atomic mass is 9.92. The van der Waals surface area contributed by atoms with Gasteiger partial charge in [-0.05, 0) is 33.6 Å². The largest absolute Gasteiger partial charge is 0.466 e. The summed E-state index contributed by atoms with van der Waals surface area (Å²) in [5, 5.41) is 0. The summed E-state index contributed by atoms with van der Waals surface area (Å²) in [6.07, 6.45) is -1.49. The molecule has 2 atom stereocenters. The molecular formula is C16H29NO5. The average molecular weight is 315 g/mol. The van der Waals surface area contributed by atoms with Crippen molar-refractivity contribution in [2.75, 3.05) is 13.7 Å². The van der Waals surface area contributed by atoms with E-state index in [4.69, 9.17) is 14.2 Å². The zero-order valence-electron chi connectivity index (χ0n) is 14.9. The highest BCUT2D eigenvalue weighted by atomic mass is 16.6. The quantitative estimate of drug-likeness (QED) is 0.746. The maximum absolute atomic E-state index is 12.7. The van der Waals surface area contributed by atoms with Crippen LogP contribution in [0.3, 0.4) is 0 Å². The van der Waals surface area contributed by atoms with Gasteiger partial charge in [0.15, 0.2) is 0 Å². The third-order valence-corrected chi connectivity index (χ3v) is 4.30. The fourth-order valence-corrected chi connectivity index (χ4v) is 2.68. The molecule has 6 nitrogen and oxygen atoms in total. The van der Waals surface area contributed by atoms with Crippen molar-refractivity contribution in [3.8, 4) is 0 Å². The molecular weight excluding hydrogens is 286 g/mol. The SMILES string of the molecule is COC(=O)[C@H](OC(=O)N1C(C)(C)COC1(C)C)[C@H](C)C(C)C. The number of nitrogens with zero attached hydrogens (tertiary/aromatic N) is 1. The summed E-state index contributed by atoms with van der Waals surface area (Å²) in [5.74, 6) is -0.510. The van der Waals surface area contributed by atoms with Crippen molar-refractivity contribution in [1.29, 1.82) is 0 Å². The number of methoxy groups -OCH3 is 1. The van der Waals surface area contributed by atoms with Crippen molar-refractivity contribution in [3.63, 3.8) is 0 Å². The van der Waals surface area contributed by atoms with Crippen molar-refractivity contribution >= 4 is 12.1 Å². The predicted octanol–water partition coefficient (Wildman–Crippen LogP) is 2.80. The van der Waals surface area contributed by atoms with Crippen LogP contribution in [0.2, 0.25) is 0 Å². The zero-order valence-corrected chi connectivity index (χ0v) is 14.9. The highest BCUT2D eigenvalue weighted by Gasteiger charge is 2.50. The smallest absolute Gasteiger partial charge is 0.413 e. The molecule has 1 aliphatic heterocycles. The minimum Gasteiger partial charge on any atom is -0.466 e. The number of esters is 1. The second-order valence-corrected chi connectivity index (χ2v) is 7.31. The van der Waals surface area contributed by atoms with E-state index in [0.717, 1.165) is 0 Å². The first-order valence-corrected chi connectivity index (χ1v) is 7.67. The van der Waals surface area contributed by atoms with Gasteiger partial charge in [0.2, 0.25) is 6.10 Å². The summed E-state index contributed by atoms with van der Waals surface area (Å²) in [4.78, 5) is 26.2. The lowest BCUT2D eigenvalue weighted by Gasteiger charge is -2.38. The van der Waals surface area contributed by atoms with E-state index in [2.05, 4.69) is 0 Å². The van der Waals surface area contributed by atoms with Crippen molar-refractivity contribution in [2.45, 2.75) is 65.8 Å². The molecule has 0 aliphatic carbocycles. The minimum atomic E-state index is -0.926. The van der Waals surface area contributed by atoms with Gasteiger partial charge in [-0.3, -0.25) is 4.90 Å². The van der Waals surface area contributed by atoms with Crippen LogP contribution in [-0.4, -0.2) is 48.0 Å². The monoisotopic (exact) mass is 315 g/mol. The van der Waals surface area contributed by atoms with Gasteiger partial charge in [-0.2, -0.15) is 0 Å².